The van der Waals surface area contributed by atoms with Gasteiger partial charge >= 0.3 is 0 Å². The molecule has 3 aliphatic rings. The Kier molecular flexibility index (Phi) is 0.994. The molecule has 0 heterocycles. The third kappa shape index (κ3) is 0.698. The molecule has 3 aliphatic carbocycles. The van der Waals surface area contributed by atoms with E-state index in [1.54, 1.807) is 0 Å². The van der Waals surface area contributed by atoms with Crippen LogP contribution in [-0.4, -0.2) is 12.0 Å². The second-order valence-corrected chi connectivity index (χ2v) is 3.99. The van der Waals surface area contributed by atoms with Crippen molar-refractivity contribution in [1.29, 1.82) is 0 Å². The highest BCUT2D eigenvalue weighted by Crippen LogP contribution is 2.68. The van der Waals surface area contributed by atoms with Crippen molar-refractivity contribution in [2.45, 2.75) is 37.6 Å². The van der Waals surface area contributed by atoms with Crippen LogP contribution in [0.3, 0.4) is 0 Å². The minimum atomic E-state index is -2.13. The first-order valence-corrected chi connectivity index (χ1v) is 3.61. The summed E-state index contributed by atoms with van der Waals surface area (Å²) in [5.41, 5.74) is 5.66. The fourth-order valence-corrected chi connectivity index (χ4v) is 2.63. The van der Waals surface area contributed by atoms with Crippen molar-refractivity contribution in [3.8, 4) is 0 Å². The summed E-state index contributed by atoms with van der Waals surface area (Å²) in [6, 6.07) is 0. The Bertz CT molecular complexity index is 147. The summed E-state index contributed by atoms with van der Waals surface area (Å²) < 4.78 is 23.7. The Labute approximate surface area is 58.6 Å². The van der Waals surface area contributed by atoms with Gasteiger partial charge in [0, 0.05) is 12.0 Å². The van der Waals surface area contributed by atoms with E-state index in [2.05, 4.69) is 0 Å². The Balaban J connectivity index is 1.87. The summed E-state index contributed by atoms with van der Waals surface area (Å²) in [4.78, 5) is 0. The van der Waals surface area contributed by atoms with E-state index in [-0.39, 0.29) is 17.4 Å². The van der Waals surface area contributed by atoms with E-state index in [0.29, 0.717) is 0 Å². The molecule has 0 aliphatic heterocycles. The van der Waals surface area contributed by atoms with Crippen molar-refractivity contribution in [2.24, 2.45) is 11.1 Å². The molecule has 3 fully saturated rings. The maximum Gasteiger partial charge on any atom is 0.239 e. The molecule has 0 unspecified atom stereocenters. The van der Waals surface area contributed by atoms with Crippen LogP contribution < -0.4 is 5.73 Å². The van der Waals surface area contributed by atoms with Crippen molar-refractivity contribution in [2.75, 3.05) is 0 Å². The molecule has 10 heavy (non-hydrogen) atoms. The monoisotopic (exact) mass is 147 g/mol. The largest absolute Gasteiger partial charge is 0.325 e. The van der Waals surface area contributed by atoms with Gasteiger partial charge in [-0.2, -0.15) is 0 Å². The number of hydrogen-bond donors (Lipinski definition) is 1. The van der Waals surface area contributed by atoms with E-state index in [0.717, 1.165) is 19.3 Å². The summed E-state index contributed by atoms with van der Waals surface area (Å²) in [6.07, 6.45) is 0.454. The van der Waals surface area contributed by atoms with Crippen LogP contribution in [-0.2, 0) is 0 Å². The number of alkyl halides is 2. The van der Waals surface area contributed by atoms with Gasteiger partial charge in [0.05, 0.1) is 0 Å². The third-order valence-electron chi connectivity index (χ3n) is 2.77. The number of hydrogen-bond acceptors (Lipinski definition) is 1. The Morgan fingerprint density at radius 2 is 1.80 bits per heavy atom. The second-order valence-electron chi connectivity index (χ2n) is 3.99. The van der Waals surface area contributed by atoms with Gasteiger partial charge in [0.1, 0.15) is 0 Å². The predicted molar refractivity (Wildman–Crippen MR) is 33.8 cm³/mol. The number of nitrogens with two attached hydrogens (primary N) is 1. The molecule has 0 aromatic heterocycles. The number of rotatable bonds is 2. The molecule has 58 valence electrons. The van der Waals surface area contributed by atoms with Gasteiger partial charge in [-0.1, -0.05) is 0 Å². The van der Waals surface area contributed by atoms with Crippen LogP contribution in [0.1, 0.15) is 25.7 Å². The fraction of sp³-hybridized carbons (Fsp3) is 1.00. The zero-order valence-corrected chi connectivity index (χ0v) is 5.74. The molecular weight excluding hydrogens is 136 g/mol. The lowest BCUT2D eigenvalue weighted by Crippen LogP contribution is -2.72. The van der Waals surface area contributed by atoms with Crippen LogP contribution >= 0.6 is 0 Å². The van der Waals surface area contributed by atoms with Crippen molar-refractivity contribution >= 4 is 0 Å². The van der Waals surface area contributed by atoms with E-state index in [9.17, 15) is 8.78 Å². The van der Waals surface area contributed by atoms with Gasteiger partial charge in [0.2, 0.25) is 6.43 Å². The molecule has 0 aromatic carbocycles. The molecule has 1 nitrogen and oxygen atoms in total. The Morgan fingerprint density at radius 1 is 1.30 bits per heavy atom. The lowest BCUT2D eigenvalue weighted by molar-refractivity contribution is -0.158. The van der Waals surface area contributed by atoms with Crippen LogP contribution in [0.2, 0.25) is 0 Å². The van der Waals surface area contributed by atoms with Crippen LogP contribution in [0.25, 0.3) is 0 Å². The minimum absolute atomic E-state index is 0.0190. The SMILES string of the molecule is NC12CC(CC(F)F)(C1)C2. The second kappa shape index (κ2) is 1.52. The zero-order chi connectivity index (χ0) is 7.41. The van der Waals surface area contributed by atoms with Crippen molar-refractivity contribution in [1.82, 2.24) is 0 Å². The average molecular weight is 147 g/mol. The average Bonchev–Trinajstić information content (AvgIpc) is 1.56. The standard InChI is InChI=1S/C7H11F2N/c8-5(9)1-6-2-7(10,3-6)4-6/h5H,1-4,10H2. The normalized spacial score (nSPS) is 50.4. The van der Waals surface area contributed by atoms with Gasteiger partial charge in [0.15, 0.2) is 0 Å². The summed E-state index contributed by atoms with van der Waals surface area (Å²) in [5, 5.41) is 0. The fourth-order valence-electron chi connectivity index (χ4n) is 2.63. The summed E-state index contributed by atoms with van der Waals surface area (Å²) in [6.45, 7) is 0. The molecule has 0 amide bonds. The molecule has 3 rings (SSSR count). The first-order valence-electron chi connectivity index (χ1n) is 3.61. The molecule has 2 bridgehead atoms. The molecule has 0 aromatic rings. The highest BCUT2D eigenvalue weighted by Gasteiger charge is 2.65. The van der Waals surface area contributed by atoms with Gasteiger partial charge in [-0.25, -0.2) is 8.78 Å². The van der Waals surface area contributed by atoms with Crippen LogP contribution in [0, 0.1) is 5.41 Å². The van der Waals surface area contributed by atoms with E-state index in [4.69, 9.17) is 5.73 Å². The molecule has 0 radical (unpaired) electrons. The molecule has 0 saturated heterocycles. The first-order chi connectivity index (χ1) is 4.54. The Hall–Kier alpha value is -0.180. The highest BCUT2D eigenvalue weighted by atomic mass is 19.3. The quantitative estimate of drug-likeness (QED) is 0.629. The molecular formula is C7H11F2N. The van der Waals surface area contributed by atoms with Gasteiger partial charge in [0.25, 0.3) is 0 Å². The van der Waals surface area contributed by atoms with E-state index in [1.165, 1.54) is 0 Å². The zero-order valence-electron chi connectivity index (χ0n) is 5.74. The molecule has 2 N–H and O–H groups in total. The van der Waals surface area contributed by atoms with Gasteiger partial charge in [-0.05, 0) is 24.7 Å². The molecule has 3 saturated carbocycles. The topological polar surface area (TPSA) is 26.0 Å². The number of halogens is 2. The maximum atomic E-state index is 11.9. The molecule has 3 heteroatoms. The Morgan fingerprint density at radius 3 is 2.10 bits per heavy atom. The summed E-state index contributed by atoms with van der Waals surface area (Å²) in [5.74, 6) is 0. The van der Waals surface area contributed by atoms with E-state index >= 15 is 0 Å². The maximum absolute atomic E-state index is 11.9. The molecule has 0 atom stereocenters. The predicted octanol–water partition coefficient (Wildman–Crippen LogP) is 1.52. The third-order valence-corrected chi connectivity index (χ3v) is 2.77. The van der Waals surface area contributed by atoms with Crippen molar-refractivity contribution in [3.63, 3.8) is 0 Å². The van der Waals surface area contributed by atoms with E-state index < -0.39 is 6.43 Å². The van der Waals surface area contributed by atoms with Crippen molar-refractivity contribution < 1.29 is 8.78 Å². The van der Waals surface area contributed by atoms with E-state index in [1.807, 2.05) is 0 Å². The smallest absolute Gasteiger partial charge is 0.239 e. The summed E-state index contributed by atoms with van der Waals surface area (Å²) >= 11 is 0. The first kappa shape index (κ1) is 6.53. The lowest BCUT2D eigenvalue weighted by atomic mass is 9.39. The summed E-state index contributed by atoms with van der Waals surface area (Å²) in [7, 11) is 0. The van der Waals surface area contributed by atoms with Crippen molar-refractivity contribution in [3.05, 3.63) is 0 Å². The van der Waals surface area contributed by atoms with Crippen LogP contribution in [0.5, 0.6) is 0 Å². The van der Waals surface area contributed by atoms with Gasteiger partial charge < -0.3 is 5.73 Å². The van der Waals surface area contributed by atoms with Gasteiger partial charge in [-0.15, -0.1) is 0 Å². The van der Waals surface area contributed by atoms with Gasteiger partial charge in [-0.3, -0.25) is 0 Å². The van der Waals surface area contributed by atoms with Crippen LogP contribution in [0.4, 0.5) is 8.78 Å². The minimum Gasteiger partial charge on any atom is -0.325 e. The van der Waals surface area contributed by atoms with Crippen LogP contribution in [0.15, 0.2) is 0 Å². The lowest BCUT2D eigenvalue weighted by Gasteiger charge is -2.69. The highest BCUT2D eigenvalue weighted by molar-refractivity contribution is 5.21. The molecule has 0 spiro atoms.